The standard InChI is InChI=1S/C12H7F2N3O2/c13-9-2-1-7(3-10(9)14)5-17-6-8(4-15)11(18)16-12(17)19/h1-3,6H,5H2,(H,16,18,19). The van der Waals surface area contributed by atoms with Crippen molar-refractivity contribution < 1.29 is 8.78 Å². The van der Waals surface area contributed by atoms with Crippen molar-refractivity contribution in [1.82, 2.24) is 9.55 Å². The summed E-state index contributed by atoms with van der Waals surface area (Å²) < 4.78 is 26.8. The second-order valence-electron chi connectivity index (χ2n) is 3.79. The Morgan fingerprint density at radius 2 is 2.00 bits per heavy atom. The second kappa shape index (κ2) is 4.86. The molecule has 0 aliphatic carbocycles. The van der Waals surface area contributed by atoms with Gasteiger partial charge < -0.3 is 0 Å². The highest BCUT2D eigenvalue weighted by atomic mass is 19.2. The van der Waals surface area contributed by atoms with Gasteiger partial charge in [-0.1, -0.05) is 6.07 Å². The molecule has 0 amide bonds. The molecule has 0 aliphatic rings. The van der Waals surface area contributed by atoms with Gasteiger partial charge in [0, 0.05) is 6.20 Å². The van der Waals surface area contributed by atoms with E-state index in [1.54, 1.807) is 6.07 Å². The quantitative estimate of drug-likeness (QED) is 0.867. The number of halogens is 2. The number of hydrogen-bond donors (Lipinski definition) is 1. The largest absolute Gasteiger partial charge is 0.328 e. The van der Waals surface area contributed by atoms with Crippen molar-refractivity contribution in [2.24, 2.45) is 0 Å². The van der Waals surface area contributed by atoms with Gasteiger partial charge in [0.05, 0.1) is 6.54 Å². The summed E-state index contributed by atoms with van der Waals surface area (Å²) in [5.41, 5.74) is -1.41. The number of H-pyrrole nitrogens is 1. The summed E-state index contributed by atoms with van der Waals surface area (Å²) in [7, 11) is 0. The van der Waals surface area contributed by atoms with Crippen LogP contribution in [0, 0.1) is 23.0 Å². The van der Waals surface area contributed by atoms with Crippen LogP contribution < -0.4 is 11.2 Å². The van der Waals surface area contributed by atoms with Crippen LogP contribution in [0.3, 0.4) is 0 Å². The molecule has 0 saturated heterocycles. The van der Waals surface area contributed by atoms with Crippen molar-refractivity contribution in [3.05, 3.63) is 68.0 Å². The zero-order chi connectivity index (χ0) is 14.0. The molecule has 0 saturated carbocycles. The van der Waals surface area contributed by atoms with Crippen LogP contribution in [-0.4, -0.2) is 9.55 Å². The molecule has 0 aliphatic heterocycles. The van der Waals surface area contributed by atoms with Crippen molar-refractivity contribution in [3.63, 3.8) is 0 Å². The Morgan fingerprint density at radius 1 is 1.26 bits per heavy atom. The highest BCUT2D eigenvalue weighted by Crippen LogP contribution is 2.09. The van der Waals surface area contributed by atoms with E-state index in [4.69, 9.17) is 5.26 Å². The lowest BCUT2D eigenvalue weighted by molar-refractivity contribution is 0.506. The fraction of sp³-hybridized carbons (Fsp3) is 0.0833. The van der Waals surface area contributed by atoms with Gasteiger partial charge in [0.25, 0.3) is 5.56 Å². The van der Waals surface area contributed by atoms with Crippen LogP contribution in [0.25, 0.3) is 0 Å². The van der Waals surface area contributed by atoms with Crippen molar-refractivity contribution in [3.8, 4) is 6.07 Å². The van der Waals surface area contributed by atoms with Gasteiger partial charge in [-0.2, -0.15) is 5.26 Å². The van der Waals surface area contributed by atoms with Crippen LogP contribution in [0.1, 0.15) is 11.1 Å². The van der Waals surface area contributed by atoms with Crippen LogP contribution >= 0.6 is 0 Å². The summed E-state index contributed by atoms with van der Waals surface area (Å²) >= 11 is 0. The maximum Gasteiger partial charge on any atom is 0.328 e. The third-order valence-corrected chi connectivity index (χ3v) is 2.47. The summed E-state index contributed by atoms with van der Waals surface area (Å²) in [6, 6.07) is 4.82. The van der Waals surface area contributed by atoms with E-state index in [1.807, 2.05) is 4.98 Å². The molecule has 0 spiro atoms. The fourth-order valence-electron chi connectivity index (χ4n) is 1.54. The Kier molecular flexibility index (Phi) is 3.25. The SMILES string of the molecule is N#Cc1cn(Cc2ccc(F)c(F)c2)c(=O)[nH]c1=O. The number of aromatic nitrogens is 2. The Balaban J connectivity index is 2.44. The highest BCUT2D eigenvalue weighted by molar-refractivity contribution is 5.23. The molecule has 5 nitrogen and oxygen atoms in total. The van der Waals surface area contributed by atoms with Crippen LogP contribution in [0.4, 0.5) is 8.78 Å². The number of rotatable bonds is 2. The molecule has 0 atom stereocenters. The van der Waals surface area contributed by atoms with Crippen LogP contribution in [0.15, 0.2) is 34.0 Å². The molecule has 0 radical (unpaired) electrons. The predicted molar refractivity (Wildman–Crippen MR) is 61.5 cm³/mol. The maximum absolute atomic E-state index is 13.0. The van der Waals surface area contributed by atoms with E-state index in [9.17, 15) is 18.4 Å². The smallest absolute Gasteiger partial charge is 0.295 e. The molecule has 2 rings (SSSR count). The summed E-state index contributed by atoms with van der Waals surface area (Å²) in [5.74, 6) is -2.02. The number of hydrogen-bond acceptors (Lipinski definition) is 3. The normalized spacial score (nSPS) is 10.2. The van der Waals surface area contributed by atoms with Crippen molar-refractivity contribution in [1.29, 1.82) is 5.26 Å². The Hall–Kier alpha value is -2.75. The van der Waals surface area contributed by atoms with Crippen LogP contribution in [-0.2, 0) is 6.54 Å². The zero-order valence-corrected chi connectivity index (χ0v) is 9.48. The monoisotopic (exact) mass is 263 g/mol. The molecule has 0 unspecified atom stereocenters. The van der Waals surface area contributed by atoms with E-state index in [0.29, 0.717) is 5.56 Å². The van der Waals surface area contributed by atoms with Gasteiger partial charge in [-0.05, 0) is 17.7 Å². The maximum atomic E-state index is 13.0. The molecule has 19 heavy (non-hydrogen) atoms. The lowest BCUT2D eigenvalue weighted by Gasteiger charge is -2.05. The molecule has 96 valence electrons. The molecule has 1 aromatic carbocycles. The number of aromatic amines is 1. The first-order chi connectivity index (χ1) is 9.01. The number of benzene rings is 1. The highest BCUT2D eigenvalue weighted by Gasteiger charge is 2.07. The topological polar surface area (TPSA) is 78.7 Å². The molecule has 2 aromatic rings. The molecule has 7 heteroatoms. The lowest BCUT2D eigenvalue weighted by Crippen LogP contribution is -2.31. The minimum atomic E-state index is -1.03. The number of nitrogens with one attached hydrogen (secondary N) is 1. The summed E-state index contributed by atoms with van der Waals surface area (Å²) in [4.78, 5) is 24.6. The summed E-state index contributed by atoms with van der Waals surface area (Å²) in [5, 5.41) is 8.69. The molecule has 1 aromatic heterocycles. The fourth-order valence-corrected chi connectivity index (χ4v) is 1.54. The summed E-state index contributed by atoms with van der Waals surface area (Å²) in [6.45, 7) is -0.0819. The van der Waals surface area contributed by atoms with E-state index in [2.05, 4.69) is 0 Å². The minimum Gasteiger partial charge on any atom is -0.295 e. The van der Waals surface area contributed by atoms with Gasteiger partial charge in [0.15, 0.2) is 11.6 Å². The molecular formula is C12H7F2N3O2. The van der Waals surface area contributed by atoms with Crippen LogP contribution in [0.2, 0.25) is 0 Å². The van der Waals surface area contributed by atoms with Crippen LogP contribution in [0.5, 0.6) is 0 Å². The van der Waals surface area contributed by atoms with Gasteiger partial charge >= 0.3 is 5.69 Å². The van der Waals surface area contributed by atoms with Gasteiger partial charge in [-0.15, -0.1) is 0 Å². The van der Waals surface area contributed by atoms with E-state index < -0.39 is 22.9 Å². The number of nitrogens with zero attached hydrogens (tertiary/aromatic N) is 2. The zero-order valence-electron chi connectivity index (χ0n) is 9.48. The molecule has 0 bridgehead atoms. The molecular weight excluding hydrogens is 256 g/mol. The van der Waals surface area contributed by atoms with Crippen molar-refractivity contribution in [2.45, 2.75) is 6.54 Å². The van der Waals surface area contributed by atoms with E-state index in [1.165, 1.54) is 6.07 Å². The second-order valence-corrected chi connectivity index (χ2v) is 3.79. The van der Waals surface area contributed by atoms with Gasteiger partial charge in [-0.3, -0.25) is 14.3 Å². The van der Waals surface area contributed by atoms with Crippen molar-refractivity contribution in [2.75, 3.05) is 0 Å². The first kappa shape index (κ1) is 12.7. The average molecular weight is 263 g/mol. The summed E-state index contributed by atoms with van der Waals surface area (Å²) in [6.07, 6.45) is 1.07. The Labute approximate surface area is 105 Å². The lowest BCUT2D eigenvalue weighted by atomic mass is 10.2. The molecule has 1 N–H and O–H groups in total. The van der Waals surface area contributed by atoms with Gasteiger partial charge in [-0.25, -0.2) is 13.6 Å². The van der Waals surface area contributed by atoms with E-state index in [0.717, 1.165) is 22.9 Å². The molecule has 0 fully saturated rings. The van der Waals surface area contributed by atoms with Crippen molar-refractivity contribution >= 4 is 0 Å². The third kappa shape index (κ3) is 2.57. The predicted octanol–water partition coefficient (Wildman–Crippen LogP) is 0.735. The first-order valence-corrected chi connectivity index (χ1v) is 5.19. The minimum absolute atomic E-state index is 0.0819. The van der Waals surface area contributed by atoms with E-state index in [-0.39, 0.29) is 12.1 Å². The average Bonchev–Trinajstić information content (AvgIpc) is 2.37. The molecule has 1 heterocycles. The van der Waals surface area contributed by atoms with Gasteiger partial charge in [0.1, 0.15) is 11.6 Å². The van der Waals surface area contributed by atoms with E-state index >= 15 is 0 Å². The Morgan fingerprint density at radius 3 is 2.63 bits per heavy atom. The third-order valence-electron chi connectivity index (χ3n) is 2.47. The number of nitriles is 1. The Bertz CT molecular complexity index is 787. The van der Waals surface area contributed by atoms with Gasteiger partial charge in [0.2, 0.25) is 0 Å². The first-order valence-electron chi connectivity index (χ1n) is 5.19.